The van der Waals surface area contributed by atoms with Gasteiger partial charge in [0.1, 0.15) is 0 Å². The van der Waals surface area contributed by atoms with Gasteiger partial charge in [0.15, 0.2) is 4.77 Å². The van der Waals surface area contributed by atoms with E-state index in [1.807, 2.05) is 0 Å². The first-order chi connectivity index (χ1) is 10.2. The van der Waals surface area contributed by atoms with Crippen molar-refractivity contribution >= 4 is 23.3 Å². The fourth-order valence-corrected chi connectivity index (χ4v) is 3.07. The topological polar surface area (TPSA) is 20.7 Å². The molecule has 0 fully saturated rings. The zero-order valence-electron chi connectivity index (χ0n) is 12.5. The molecular weight excluding hydrogens is 276 g/mol. The highest BCUT2D eigenvalue weighted by molar-refractivity contribution is 7.71. The lowest BCUT2D eigenvalue weighted by molar-refractivity contribution is 0.795. The number of nitrogens with zero attached hydrogens (tertiary/aromatic N) is 1. The normalized spacial score (nSPS) is 11.1. The molecule has 3 heteroatoms. The Bertz CT molecular complexity index is 809. The number of nitrogens with one attached hydrogen (secondary N) is 1. The summed E-state index contributed by atoms with van der Waals surface area (Å²) >= 11 is 5.50. The number of benzene rings is 2. The lowest BCUT2D eigenvalue weighted by Gasteiger charge is -2.08. The minimum Gasteiger partial charge on any atom is -0.330 e. The zero-order valence-corrected chi connectivity index (χ0v) is 13.3. The molecule has 3 rings (SSSR count). The highest BCUT2D eigenvalue weighted by Gasteiger charge is 2.08. The summed E-state index contributed by atoms with van der Waals surface area (Å²) in [5.74, 6) is 0. The van der Waals surface area contributed by atoms with Gasteiger partial charge >= 0.3 is 0 Å². The van der Waals surface area contributed by atoms with Crippen LogP contribution in [0.1, 0.15) is 30.9 Å². The summed E-state index contributed by atoms with van der Waals surface area (Å²) in [4.78, 5) is 3.29. The molecule has 0 spiro atoms. The van der Waals surface area contributed by atoms with Gasteiger partial charge in [0.25, 0.3) is 0 Å². The molecule has 0 amide bonds. The van der Waals surface area contributed by atoms with Gasteiger partial charge in [-0.1, -0.05) is 37.6 Å². The van der Waals surface area contributed by atoms with Crippen molar-refractivity contribution in [3.8, 4) is 5.69 Å². The van der Waals surface area contributed by atoms with Crippen molar-refractivity contribution in [3.05, 3.63) is 58.4 Å². The minimum atomic E-state index is 0.751. The number of fused-ring (bicyclic) bond motifs is 1. The summed E-state index contributed by atoms with van der Waals surface area (Å²) in [7, 11) is 0. The molecule has 2 nitrogen and oxygen atoms in total. The van der Waals surface area contributed by atoms with Gasteiger partial charge in [-0.3, -0.25) is 4.57 Å². The van der Waals surface area contributed by atoms with Crippen LogP contribution in [0.3, 0.4) is 0 Å². The monoisotopic (exact) mass is 296 g/mol. The lowest BCUT2D eigenvalue weighted by atomic mass is 10.1. The third-order valence-corrected chi connectivity index (χ3v) is 4.20. The van der Waals surface area contributed by atoms with E-state index in [4.69, 9.17) is 12.2 Å². The summed E-state index contributed by atoms with van der Waals surface area (Å²) in [6.07, 6.45) is 3.62. The first-order valence-electron chi connectivity index (χ1n) is 7.50. The molecule has 0 unspecified atom stereocenters. The number of imidazole rings is 1. The summed E-state index contributed by atoms with van der Waals surface area (Å²) in [6, 6.07) is 15.0. The molecule has 0 radical (unpaired) electrons. The third-order valence-electron chi connectivity index (χ3n) is 3.92. The standard InChI is InChI=1S/C18H20N2S/c1-3-4-7-14-9-11-15(12-10-14)20-17-13(2)6-5-8-16(17)19-18(20)21/h5-6,8-12H,3-4,7H2,1-2H3,(H,19,21). The van der Waals surface area contributed by atoms with Gasteiger partial charge in [-0.2, -0.15) is 0 Å². The Labute approximate surface area is 130 Å². The van der Waals surface area contributed by atoms with E-state index in [1.54, 1.807) is 0 Å². The van der Waals surface area contributed by atoms with E-state index in [9.17, 15) is 0 Å². The Morgan fingerprint density at radius 3 is 2.57 bits per heavy atom. The number of unbranched alkanes of at least 4 members (excludes halogenated alkanes) is 1. The van der Waals surface area contributed by atoms with Gasteiger partial charge in [-0.15, -0.1) is 0 Å². The second-order valence-electron chi connectivity index (χ2n) is 5.51. The fraction of sp³-hybridized carbons (Fsp3) is 0.278. The summed E-state index contributed by atoms with van der Waals surface area (Å²) in [5.41, 5.74) is 6.01. The van der Waals surface area contributed by atoms with E-state index in [-0.39, 0.29) is 0 Å². The van der Waals surface area contributed by atoms with Crippen LogP contribution in [0.2, 0.25) is 0 Å². The number of aromatic nitrogens is 2. The first-order valence-corrected chi connectivity index (χ1v) is 7.91. The molecule has 3 aromatic rings. The number of aryl methyl sites for hydroxylation is 2. The van der Waals surface area contributed by atoms with Gasteiger partial charge < -0.3 is 4.98 Å². The Kier molecular flexibility index (Phi) is 3.93. The molecular formula is C18H20N2S. The van der Waals surface area contributed by atoms with E-state index >= 15 is 0 Å². The fourth-order valence-electron chi connectivity index (χ4n) is 2.77. The van der Waals surface area contributed by atoms with E-state index in [2.05, 4.69) is 65.9 Å². The Balaban J connectivity index is 2.08. The Morgan fingerprint density at radius 1 is 1.10 bits per heavy atom. The van der Waals surface area contributed by atoms with Crippen molar-refractivity contribution in [1.29, 1.82) is 0 Å². The molecule has 1 N–H and O–H groups in total. The molecule has 0 saturated heterocycles. The second-order valence-corrected chi connectivity index (χ2v) is 5.89. The van der Waals surface area contributed by atoms with Gasteiger partial charge in [-0.25, -0.2) is 0 Å². The predicted molar refractivity (Wildman–Crippen MR) is 91.8 cm³/mol. The van der Waals surface area contributed by atoms with Crippen LogP contribution in [-0.4, -0.2) is 9.55 Å². The van der Waals surface area contributed by atoms with Crippen LogP contribution in [0.25, 0.3) is 16.7 Å². The molecule has 1 aromatic heterocycles. The van der Waals surface area contributed by atoms with Crippen LogP contribution < -0.4 is 0 Å². The van der Waals surface area contributed by atoms with E-state index in [0.29, 0.717) is 0 Å². The Morgan fingerprint density at radius 2 is 1.86 bits per heavy atom. The van der Waals surface area contributed by atoms with Gasteiger partial charge in [0, 0.05) is 5.69 Å². The average Bonchev–Trinajstić information content (AvgIpc) is 2.83. The minimum absolute atomic E-state index is 0.751. The zero-order chi connectivity index (χ0) is 14.8. The SMILES string of the molecule is CCCCc1ccc(-n2c(=S)[nH]c3cccc(C)c32)cc1. The molecule has 21 heavy (non-hydrogen) atoms. The maximum Gasteiger partial charge on any atom is 0.182 e. The van der Waals surface area contributed by atoms with Crippen molar-refractivity contribution in [2.45, 2.75) is 33.1 Å². The highest BCUT2D eigenvalue weighted by atomic mass is 32.1. The highest BCUT2D eigenvalue weighted by Crippen LogP contribution is 2.23. The summed E-state index contributed by atoms with van der Waals surface area (Å²) < 4.78 is 2.88. The van der Waals surface area contributed by atoms with Crippen molar-refractivity contribution in [2.24, 2.45) is 0 Å². The molecule has 0 aliphatic carbocycles. The molecule has 0 atom stereocenters. The van der Waals surface area contributed by atoms with Crippen LogP contribution in [0.5, 0.6) is 0 Å². The molecule has 108 valence electrons. The largest absolute Gasteiger partial charge is 0.330 e. The van der Waals surface area contributed by atoms with Crippen molar-refractivity contribution in [3.63, 3.8) is 0 Å². The van der Waals surface area contributed by atoms with Crippen LogP contribution >= 0.6 is 12.2 Å². The molecule has 0 bridgehead atoms. The molecule has 0 aliphatic rings. The predicted octanol–water partition coefficient (Wildman–Crippen LogP) is 5.34. The maximum absolute atomic E-state index is 5.50. The number of H-pyrrole nitrogens is 1. The number of hydrogen-bond donors (Lipinski definition) is 1. The third kappa shape index (κ3) is 2.66. The number of para-hydroxylation sites is 1. The molecule has 0 saturated carbocycles. The smallest absolute Gasteiger partial charge is 0.182 e. The maximum atomic E-state index is 5.50. The molecule has 2 aromatic carbocycles. The summed E-state index contributed by atoms with van der Waals surface area (Å²) in [5, 5.41) is 0. The van der Waals surface area contributed by atoms with Crippen LogP contribution in [-0.2, 0) is 6.42 Å². The van der Waals surface area contributed by atoms with Crippen molar-refractivity contribution in [2.75, 3.05) is 0 Å². The average molecular weight is 296 g/mol. The molecule has 0 aliphatic heterocycles. The van der Waals surface area contributed by atoms with E-state index in [1.165, 1.54) is 29.5 Å². The van der Waals surface area contributed by atoms with Gasteiger partial charge in [-0.05, 0) is 61.3 Å². The lowest BCUT2D eigenvalue weighted by Crippen LogP contribution is -1.96. The van der Waals surface area contributed by atoms with Gasteiger partial charge in [0.2, 0.25) is 0 Å². The van der Waals surface area contributed by atoms with Gasteiger partial charge in [0.05, 0.1) is 11.0 Å². The number of rotatable bonds is 4. The van der Waals surface area contributed by atoms with Crippen molar-refractivity contribution in [1.82, 2.24) is 9.55 Å². The van der Waals surface area contributed by atoms with E-state index < -0.39 is 0 Å². The van der Waals surface area contributed by atoms with Crippen LogP contribution in [0.4, 0.5) is 0 Å². The van der Waals surface area contributed by atoms with Crippen LogP contribution in [0.15, 0.2) is 42.5 Å². The number of aromatic amines is 1. The van der Waals surface area contributed by atoms with Crippen molar-refractivity contribution < 1.29 is 0 Å². The quantitative estimate of drug-likeness (QED) is 0.645. The van der Waals surface area contributed by atoms with Crippen LogP contribution in [0, 0.1) is 11.7 Å². The Hall–Kier alpha value is -1.87. The summed E-state index contributed by atoms with van der Waals surface area (Å²) in [6.45, 7) is 4.35. The first kappa shape index (κ1) is 14.1. The number of hydrogen-bond acceptors (Lipinski definition) is 1. The van der Waals surface area contributed by atoms with E-state index in [0.717, 1.165) is 22.4 Å². The second kappa shape index (κ2) is 5.86. The molecule has 1 heterocycles.